The fourth-order valence-electron chi connectivity index (χ4n) is 0.941. The van der Waals surface area contributed by atoms with Crippen molar-refractivity contribution in [1.29, 1.82) is 0 Å². The second-order valence-electron chi connectivity index (χ2n) is 2.20. The predicted octanol–water partition coefficient (Wildman–Crippen LogP) is 0.797. The minimum Gasteiger partial charge on any atom is -0.493 e. The smallest absolute Gasteiger partial charge is 0.358 e. The van der Waals surface area contributed by atoms with Gasteiger partial charge in [0.2, 0.25) is 0 Å². The molecule has 13 heavy (non-hydrogen) atoms. The molecule has 0 fully saturated rings. The minimum atomic E-state index is -1.14. The van der Waals surface area contributed by atoms with Crippen molar-refractivity contribution in [1.82, 2.24) is 4.98 Å². The Morgan fingerprint density at radius 2 is 2.15 bits per heavy atom. The zero-order chi connectivity index (χ0) is 9.84. The van der Waals surface area contributed by atoms with Crippen LogP contribution in [0.4, 0.5) is 0 Å². The molecule has 0 atom stereocenters. The van der Waals surface area contributed by atoms with Gasteiger partial charge in [-0.15, -0.1) is 0 Å². The van der Waals surface area contributed by atoms with Crippen LogP contribution >= 0.6 is 0 Å². The Bertz CT molecular complexity index is 324. The molecule has 0 unspecified atom stereocenters. The first-order valence-electron chi connectivity index (χ1n) is 3.51. The highest BCUT2D eigenvalue weighted by atomic mass is 16.5. The number of nitrogens with zero attached hydrogens (tertiary/aromatic N) is 1. The van der Waals surface area contributed by atoms with Crippen LogP contribution in [0.25, 0.3) is 0 Å². The van der Waals surface area contributed by atoms with Crippen LogP contribution in [0.1, 0.15) is 10.5 Å². The molecule has 5 heteroatoms. The van der Waals surface area contributed by atoms with Crippen LogP contribution in [0, 0.1) is 0 Å². The number of hydrogen-bond acceptors (Lipinski definition) is 4. The molecule has 0 aliphatic heterocycles. The number of carboxylic acids is 1. The third-order valence-corrected chi connectivity index (χ3v) is 1.50. The van der Waals surface area contributed by atoms with E-state index in [-0.39, 0.29) is 11.4 Å². The Kier molecular flexibility index (Phi) is 2.69. The molecule has 0 aliphatic rings. The van der Waals surface area contributed by atoms with Crippen molar-refractivity contribution in [3.8, 4) is 11.5 Å². The van der Waals surface area contributed by atoms with Gasteiger partial charge in [0.15, 0.2) is 17.2 Å². The lowest BCUT2D eigenvalue weighted by Gasteiger charge is -2.08. The van der Waals surface area contributed by atoms with Crippen LogP contribution in [0.3, 0.4) is 0 Å². The highest BCUT2D eigenvalue weighted by Crippen LogP contribution is 2.28. The van der Waals surface area contributed by atoms with E-state index in [0.717, 1.165) is 0 Å². The number of carboxylic acid groups (broad SMARTS) is 1. The van der Waals surface area contributed by atoms with Gasteiger partial charge in [0.1, 0.15) is 0 Å². The van der Waals surface area contributed by atoms with E-state index in [0.29, 0.717) is 5.75 Å². The SMILES string of the molecule is COc1ccnc(C(=O)O)c1OC. The van der Waals surface area contributed by atoms with Crippen LogP contribution in [-0.4, -0.2) is 30.3 Å². The van der Waals surface area contributed by atoms with Gasteiger partial charge in [-0.25, -0.2) is 9.78 Å². The molecule has 0 saturated carbocycles. The summed E-state index contributed by atoms with van der Waals surface area (Å²) >= 11 is 0. The van der Waals surface area contributed by atoms with Crippen molar-refractivity contribution in [3.05, 3.63) is 18.0 Å². The van der Waals surface area contributed by atoms with Crippen LogP contribution in [0.15, 0.2) is 12.3 Å². The zero-order valence-corrected chi connectivity index (χ0v) is 7.27. The first-order valence-corrected chi connectivity index (χ1v) is 3.51. The average molecular weight is 183 g/mol. The van der Waals surface area contributed by atoms with Crippen LogP contribution in [0.2, 0.25) is 0 Å². The van der Waals surface area contributed by atoms with Crippen LogP contribution in [0.5, 0.6) is 11.5 Å². The summed E-state index contributed by atoms with van der Waals surface area (Å²) in [6, 6.07) is 1.53. The molecule has 0 aliphatic carbocycles. The van der Waals surface area contributed by atoms with Crippen LogP contribution in [-0.2, 0) is 0 Å². The Morgan fingerprint density at radius 1 is 1.46 bits per heavy atom. The molecule has 1 rings (SSSR count). The molecule has 0 amide bonds. The van der Waals surface area contributed by atoms with E-state index in [4.69, 9.17) is 14.6 Å². The maximum atomic E-state index is 10.7. The largest absolute Gasteiger partial charge is 0.493 e. The van der Waals surface area contributed by atoms with Gasteiger partial charge in [-0.2, -0.15) is 0 Å². The van der Waals surface area contributed by atoms with E-state index in [1.54, 1.807) is 0 Å². The Hall–Kier alpha value is -1.78. The molecule has 1 aromatic rings. The molecule has 0 spiro atoms. The lowest BCUT2D eigenvalue weighted by molar-refractivity contribution is 0.0685. The predicted molar refractivity (Wildman–Crippen MR) is 44.3 cm³/mol. The lowest BCUT2D eigenvalue weighted by Crippen LogP contribution is -2.04. The van der Waals surface area contributed by atoms with Gasteiger partial charge >= 0.3 is 5.97 Å². The van der Waals surface area contributed by atoms with E-state index in [1.807, 2.05) is 0 Å². The van der Waals surface area contributed by atoms with Crippen molar-refractivity contribution in [2.24, 2.45) is 0 Å². The van der Waals surface area contributed by atoms with E-state index in [2.05, 4.69) is 4.98 Å². The summed E-state index contributed by atoms with van der Waals surface area (Å²) in [5, 5.41) is 8.72. The molecule has 0 aromatic carbocycles. The fourth-order valence-corrected chi connectivity index (χ4v) is 0.941. The molecule has 0 radical (unpaired) electrons. The normalized spacial score (nSPS) is 9.38. The number of ether oxygens (including phenoxy) is 2. The van der Waals surface area contributed by atoms with Crippen molar-refractivity contribution in [2.75, 3.05) is 14.2 Å². The monoisotopic (exact) mass is 183 g/mol. The zero-order valence-electron chi connectivity index (χ0n) is 7.27. The molecule has 0 bridgehead atoms. The van der Waals surface area contributed by atoms with Gasteiger partial charge < -0.3 is 14.6 Å². The third-order valence-electron chi connectivity index (χ3n) is 1.50. The van der Waals surface area contributed by atoms with Gasteiger partial charge in [-0.3, -0.25) is 0 Å². The summed E-state index contributed by atoms with van der Waals surface area (Å²) in [5.41, 5.74) is -0.151. The summed E-state index contributed by atoms with van der Waals surface area (Å²) in [7, 11) is 2.80. The Balaban J connectivity index is 3.27. The maximum absolute atomic E-state index is 10.7. The molecule has 1 N–H and O–H groups in total. The van der Waals surface area contributed by atoms with E-state index < -0.39 is 5.97 Å². The number of aromatic nitrogens is 1. The molecule has 0 saturated heterocycles. The van der Waals surface area contributed by atoms with Gasteiger partial charge in [0.05, 0.1) is 14.2 Å². The first kappa shape index (κ1) is 9.31. The van der Waals surface area contributed by atoms with Gasteiger partial charge in [0.25, 0.3) is 0 Å². The molecular weight excluding hydrogens is 174 g/mol. The fraction of sp³-hybridized carbons (Fsp3) is 0.250. The summed E-state index contributed by atoms with van der Waals surface area (Å²) in [6.07, 6.45) is 1.35. The van der Waals surface area contributed by atoms with Crippen molar-refractivity contribution in [2.45, 2.75) is 0 Å². The Morgan fingerprint density at radius 3 is 2.62 bits per heavy atom. The standard InChI is InChI=1S/C8H9NO4/c1-12-5-3-4-9-6(8(10)11)7(5)13-2/h3-4H,1-2H3,(H,10,11). The second-order valence-corrected chi connectivity index (χ2v) is 2.20. The highest BCUT2D eigenvalue weighted by molar-refractivity contribution is 5.89. The molecule has 5 nitrogen and oxygen atoms in total. The summed E-state index contributed by atoms with van der Waals surface area (Å²) in [6.45, 7) is 0. The van der Waals surface area contributed by atoms with E-state index in [1.165, 1.54) is 26.5 Å². The lowest BCUT2D eigenvalue weighted by atomic mass is 10.3. The van der Waals surface area contributed by atoms with Crippen molar-refractivity contribution in [3.63, 3.8) is 0 Å². The quantitative estimate of drug-likeness (QED) is 0.750. The van der Waals surface area contributed by atoms with Crippen molar-refractivity contribution >= 4 is 5.97 Å². The maximum Gasteiger partial charge on any atom is 0.358 e. The number of methoxy groups -OCH3 is 2. The number of rotatable bonds is 3. The number of carbonyl (C=O) groups is 1. The first-order chi connectivity index (χ1) is 6.20. The number of aromatic carboxylic acids is 1. The van der Waals surface area contributed by atoms with E-state index >= 15 is 0 Å². The summed E-state index contributed by atoms with van der Waals surface area (Å²) in [5.74, 6) is -0.650. The van der Waals surface area contributed by atoms with Gasteiger partial charge in [-0.1, -0.05) is 0 Å². The van der Waals surface area contributed by atoms with Crippen molar-refractivity contribution < 1.29 is 19.4 Å². The topological polar surface area (TPSA) is 68.7 Å². The number of hydrogen-bond donors (Lipinski definition) is 1. The van der Waals surface area contributed by atoms with Gasteiger partial charge in [0, 0.05) is 12.3 Å². The number of pyridine rings is 1. The van der Waals surface area contributed by atoms with Gasteiger partial charge in [-0.05, 0) is 0 Å². The summed E-state index contributed by atoms with van der Waals surface area (Å²) < 4.78 is 9.76. The molecule has 70 valence electrons. The molecule has 1 heterocycles. The molecule has 1 aromatic heterocycles. The minimum absolute atomic E-state index is 0.137. The second kappa shape index (κ2) is 3.75. The third kappa shape index (κ3) is 1.69. The molecular formula is C8H9NO4. The average Bonchev–Trinajstić information content (AvgIpc) is 2.16. The Labute approximate surface area is 74.9 Å². The highest BCUT2D eigenvalue weighted by Gasteiger charge is 2.16. The summed E-state index contributed by atoms with van der Waals surface area (Å²) in [4.78, 5) is 14.3. The van der Waals surface area contributed by atoms with Crippen LogP contribution < -0.4 is 9.47 Å². The van der Waals surface area contributed by atoms with E-state index in [9.17, 15) is 4.79 Å².